The van der Waals surface area contributed by atoms with E-state index in [1.807, 2.05) is 20.1 Å². The van der Waals surface area contributed by atoms with Gasteiger partial charge in [0.15, 0.2) is 0 Å². The first-order chi connectivity index (χ1) is 4.27. The van der Waals surface area contributed by atoms with Crippen molar-refractivity contribution in [2.24, 2.45) is 0 Å². The van der Waals surface area contributed by atoms with Crippen LogP contribution in [0.1, 0.15) is 13.8 Å². The molecule has 0 fully saturated rings. The SMILES string of the molecule is CSC(C)(C)CS(C)(=O)=O. The van der Waals surface area contributed by atoms with Gasteiger partial charge in [-0.3, -0.25) is 0 Å². The van der Waals surface area contributed by atoms with E-state index < -0.39 is 9.84 Å². The molecule has 0 atom stereocenters. The lowest BCUT2D eigenvalue weighted by Gasteiger charge is -2.19. The first-order valence-electron chi connectivity index (χ1n) is 3.00. The van der Waals surface area contributed by atoms with E-state index in [2.05, 4.69) is 0 Å². The molecule has 0 rings (SSSR count). The predicted octanol–water partition coefficient (Wildman–Crippen LogP) is 1.17. The van der Waals surface area contributed by atoms with Gasteiger partial charge in [0.2, 0.25) is 0 Å². The van der Waals surface area contributed by atoms with E-state index in [9.17, 15) is 8.42 Å². The quantitative estimate of drug-likeness (QED) is 0.657. The maximum atomic E-state index is 10.8. The zero-order valence-corrected chi connectivity index (χ0v) is 8.47. The lowest BCUT2D eigenvalue weighted by molar-refractivity contribution is 0.594. The highest BCUT2D eigenvalue weighted by Crippen LogP contribution is 2.22. The Morgan fingerprint density at radius 1 is 1.40 bits per heavy atom. The zero-order chi connectivity index (χ0) is 8.41. The molecule has 2 nitrogen and oxygen atoms in total. The van der Waals surface area contributed by atoms with Crippen molar-refractivity contribution in [2.75, 3.05) is 18.3 Å². The number of sulfone groups is 1. The molecule has 0 N–H and O–H groups in total. The van der Waals surface area contributed by atoms with Gasteiger partial charge in [-0.1, -0.05) is 0 Å². The fourth-order valence-electron chi connectivity index (χ4n) is 0.690. The Morgan fingerprint density at radius 3 is 1.90 bits per heavy atom. The fraction of sp³-hybridized carbons (Fsp3) is 1.00. The fourth-order valence-corrected chi connectivity index (χ4v) is 3.07. The molecule has 0 bridgehead atoms. The van der Waals surface area contributed by atoms with Crippen LogP contribution in [0.4, 0.5) is 0 Å². The molecule has 0 heterocycles. The smallest absolute Gasteiger partial charge is 0.148 e. The molecule has 0 aliphatic rings. The van der Waals surface area contributed by atoms with Crippen molar-refractivity contribution >= 4 is 21.6 Å². The van der Waals surface area contributed by atoms with E-state index in [1.165, 1.54) is 6.26 Å². The molecule has 0 unspecified atom stereocenters. The topological polar surface area (TPSA) is 34.1 Å². The average molecular weight is 182 g/mol. The largest absolute Gasteiger partial charge is 0.229 e. The Bertz CT molecular complexity index is 192. The molecule has 0 aliphatic heterocycles. The molecule has 0 aromatic rings. The van der Waals surface area contributed by atoms with Crippen molar-refractivity contribution < 1.29 is 8.42 Å². The summed E-state index contributed by atoms with van der Waals surface area (Å²) >= 11 is 1.57. The van der Waals surface area contributed by atoms with Crippen molar-refractivity contribution in [1.82, 2.24) is 0 Å². The number of rotatable bonds is 3. The third kappa shape index (κ3) is 5.11. The van der Waals surface area contributed by atoms with Crippen molar-refractivity contribution in [2.45, 2.75) is 18.6 Å². The average Bonchev–Trinajstić information content (AvgIpc) is 1.60. The Kier molecular flexibility index (Phi) is 3.23. The van der Waals surface area contributed by atoms with Gasteiger partial charge in [-0.15, -0.1) is 0 Å². The predicted molar refractivity (Wildman–Crippen MR) is 47.3 cm³/mol. The Hall–Kier alpha value is 0.300. The first kappa shape index (κ1) is 10.3. The van der Waals surface area contributed by atoms with Crippen LogP contribution < -0.4 is 0 Å². The second kappa shape index (κ2) is 3.13. The van der Waals surface area contributed by atoms with Crippen LogP contribution in [0.2, 0.25) is 0 Å². The number of hydrogen-bond donors (Lipinski definition) is 0. The summed E-state index contributed by atoms with van der Waals surface area (Å²) in [7, 11) is -2.81. The highest BCUT2D eigenvalue weighted by Gasteiger charge is 2.21. The van der Waals surface area contributed by atoms with Gasteiger partial charge in [-0.25, -0.2) is 8.42 Å². The highest BCUT2D eigenvalue weighted by atomic mass is 32.2. The van der Waals surface area contributed by atoms with Crippen LogP contribution in [0.25, 0.3) is 0 Å². The van der Waals surface area contributed by atoms with Gasteiger partial charge in [-0.05, 0) is 20.1 Å². The summed E-state index contributed by atoms with van der Waals surface area (Å²) in [5.74, 6) is 0.251. The van der Waals surface area contributed by atoms with E-state index in [0.717, 1.165) is 0 Å². The van der Waals surface area contributed by atoms with Crippen LogP contribution in [0.5, 0.6) is 0 Å². The third-order valence-corrected chi connectivity index (χ3v) is 3.84. The van der Waals surface area contributed by atoms with E-state index in [1.54, 1.807) is 11.8 Å². The summed E-state index contributed by atoms with van der Waals surface area (Å²) in [5.41, 5.74) is 0. The van der Waals surface area contributed by atoms with Crippen LogP contribution in [0, 0.1) is 0 Å². The maximum Gasteiger partial charge on any atom is 0.148 e. The minimum atomic E-state index is -2.81. The minimum absolute atomic E-state index is 0.145. The van der Waals surface area contributed by atoms with Crippen LogP contribution in [0.3, 0.4) is 0 Å². The Balaban J connectivity index is 4.16. The molecule has 0 spiro atoms. The summed E-state index contributed by atoms with van der Waals surface area (Å²) in [5, 5.41) is 0. The normalized spacial score (nSPS) is 13.6. The number of hydrogen-bond acceptors (Lipinski definition) is 3. The Labute approximate surface area is 67.3 Å². The summed E-state index contributed by atoms with van der Waals surface area (Å²) in [6.07, 6.45) is 3.19. The second-order valence-electron chi connectivity index (χ2n) is 3.03. The molecule has 0 saturated heterocycles. The van der Waals surface area contributed by atoms with Gasteiger partial charge in [0.1, 0.15) is 9.84 Å². The molecular weight excluding hydrogens is 168 g/mol. The standard InChI is InChI=1S/C6H14O2S2/c1-6(2,9-3)5-10(4,7)8/h5H2,1-4H3. The monoisotopic (exact) mass is 182 g/mol. The van der Waals surface area contributed by atoms with Gasteiger partial charge in [0, 0.05) is 11.0 Å². The number of thioether (sulfide) groups is 1. The summed E-state index contributed by atoms with van der Waals surface area (Å²) < 4.78 is 21.4. The third-order valence-electron chi connectivity index (χ3n) is 1.16. The second-order valence-corrected chi connectivity index (χ2v) is 6.69. The summed E-state index contributed by atoms with van der Waals surface area (Å²) in [6.45, 7) is 3.86. The van der Waals surface area contributed by atoms with Gasteiger partial charge in [0.05, 0.1) is 5.75 Å². The van der Waals surface area contributed by atoms with Crippen molar-refractivity contribution in [3.8, 4) is 0 Å². The molecule has 0 aliphatic carbocycles. The summed E-state index contributed by atoms with van der Waals surface area (Å²) in [4.78, 5) is 0. The van der Waals surface area contributed by atoms with Gasteiger partial charge in [0.25, 0.3) is 0 Å². The summed E-state index contributed by atoms with van der Waals surface area (Å²) in [6, 6.07) is 0. The van der Waals surface area contributed by atoms with Crippen LogP contribution in [-0.2, 0) is 9.84 Å². The molecule has 4 heteroatoms. The molecule has 0 amide bonds. The van der Waals surface area contributed by atoms with Crippen LogP contribution in [0.15, 0.2) is 0 Å². The van der Waals surface area contributed by atoms with E-state index in [4.69, 9.17) is 0 Å². The van der Waals surface area contributed by atoms with E-state index in [-0.39, 0.29) is 10.5 Å². The van der Waals surface area contributed by atoms with Crippen LogP contribution in [-0.4, -0.2) is 31.4 Å². The van der Waals surface area contributed by atoms with E-state index >= 15 is 0 Å². The van der Waals surface area contributed by atoms with Gasteiger partial charge < -0.3 is 0 Å². The van der Waals surface area contributed by atoms with Gasteiger partial charge >= 0.3 is 0 Å². The lowest BCUT2D eigenvalue weighted by atomic mass is 10.2. The molecule has 62 valence electrons. The van der Waals surface area contributed by atoms with Crippen LogP contribution >= 0.6 is 11.8 Å². The molecule has 0 aromatic heterocycles. The lowest BCUT2D eigenvalue weighted by Crippen LogP contribution is -2.25. The van der Waals surface area contributed by atoms with Crippen molar-refractivity contribution in [3.05, 3.63) is 0 Å². The minimum Gasteiger partial charge on any atom is -0.229 e. The molecule has 0 aromatic carbocycles. The maximum absolute atomic E-state index is 10.8. The highest BCUT2D eigenvalue weighted by molar-refractivity contribution is 8.01. The molecular formula is C6H14O2S2. The first-order valence-corrected chi connectivity index (χ1v) is 6.28. The molecule has 0 saturated carbocycles. The van der Waals surface area contributed by atoms with E-state index in [0.29, 0.717) is 0 Å². The molecule has 0 radical (unpaired) electrons. The Morgan fingerprint density at radius 2 is 1.80 bits per heavy atom. The zero-order valence-electron chi connectivity index (χ0n) is 6.84. The molecule has 10 heavy (non-hydrogen) atoms. The van der Waals surface area contributed by atoms with Crippen molar-refractivity contribution in [1.29, 1.82) is 0 Å². The van der Waals surface area contributed by atoms with Crippen molar-refractivity contribution in [3.63, 3.8) is 0 Å². The van der Waals surface area contributed by atoms with Gasteiger partial charge in [-0.2, -0.15) is 11.8 Å².